The number of hydrogen-bond donors (Lipinski definition) is 2. The summed E-state index contributed by atoms with van der Waals surface area (Å²) in [5.74, 6) is 0.427. The molecule has 0 aromatic heterocycles. The molecule has 0 fully saturated rings. The minimum absolute atomic E-state index is 0.00228. The van der Waals surface area contributed by atoms with E-state index in [0.717, 1.165) is 17.7 Å². The van der Waals surface area contributed by atoms with Crippen LogP contribution in [0.25, 0.3) is 0 Å². The Kier molecular flexibility index (Phi) is 5.90. The summed E-state index contributed by atoms with van der Waals surface area (Å²) in [5.41, 5.74) is -1.00. The van der Waals surface area contributed by atoms with Crippen molar-refractivity contribution in [2.45, 2.75) is 25.1 Å². The Hall–Kier alpha value is -3.30. The lowest BCUT2D eigenvalue weighted by molar-refractivity contribution is -0.384. The van der Waals surface area contributed by atoms with E-state index in [9.17, 15) is 28.1 Å². The van der Waals surface area contributed by atoms with E-state index in [0.29, 0.717) is 24.8 Å². The van der Waals surface area contributed by atoms with E-state index >= 15 is 0 Å². The first-order valence-corrected chi connectivity index (χ1v) is 8.86. The topological polar surface area (TPSA) is 93.5 Å². The monoisotopic (exact) mass is 409 g/mol. The summed E-state index contributed by atoms with van der Waals surface area (Å²) >= 11 is 0. The molecule has 0 spiro atoms. The van der Waals surface area contributed by atoms with Crippen LogP contribution < -0.4 is 15.4 Å². The molecule has 2 aromatic carbocycles. The van der Waals surface area contributed by atoms with Crippen LogP contribution in [0.5, 0.6) is 5.75 Å². The summed E-state index contributed by atoms with van der Waals surface area (Å²) in [7, 11) is 0. The van der Waals surface area contributed by atoms with E-state index in [1.165, 1.54) is 0 Å². The van der Waals surface area contributed by atoms with Gasteiger partial charge in [-0.1, -0.05) is 18.2 Å². The highest BCUT2D eigenvalue weighted by atomic mass is 19.4. The van der Waals surface area contributed by atoms with Gasteiger partial charge in [-0.05, 0) is 18.2 Å². The first-order valence-electron chi connectivity index (χ1n) is 8.86. The molecular weight excluding hydrogens is 391 g/mol. The van der Waals surface area contributed by atoms with E-state index < -0.39 is 22.4 Å². The standard InChI is InChI=1S/C19H18F3N3O4/c20-19(21,22)12-5-6-15(16(11-12)25(27)28)23-9-7-18(26)24-14-8-10-29-17-4-2-1-3-13(14)17/h1-6,11,14,23H,7-10H2,(H,24,26). The highest BCUT2D eigenvalue weighted by molar-refractivity contribution is 5.77. The molecule has 0 saturated carbocycles. The van der Waals surface area contributed by atoms with Gasteiger partial charge in [-0.2, -0.15) is 13.2 Å². The lowest BCUT2D eigenvalue weighted by Crippen LogP contribution is -2.33. The molecule has 1 amide bonds. The zero-order chi connectivity index (χ0) is 21.0. The van der Waals surface area contributed by atoms with Crippen LogP contribution in [0.15, 0.2) is 42.5 Å². The highest BCUT2D eigenvalue weighted by Gasteiger charge is 2.33. The first kappa shape index (κ1) is 20.4. The Morgan fingerprint density at radius 2 is 2.00 bits per heavy atom. The number of nitro benzene ring substituents is 1. The van der Waals surface area contributed by atoms with Gasteiger partial charge in [0.15, 0.2) is 0 Å². The molecule has 3 rings (SSSR count). The molecule has 29 heavy (non-hydrogen) atoms. The third-order valence-corrected chi connectivity index (χ3v) is 4.48. The maximum Gasteiger partial charge on any atom is 0.416 e. The number of ether oxygens (including phenoxy) is 1. The number of carbonyl (C=O) groups is 1. The Labute approximate surface area is 164 Å². The van der Waals surface area contributed by atoms with Gasteiger partial charge in [-0.15, -0.1) is 0 Å². The highest BCUT2D eigenvalue weighted by Crippen LogP contribution is 2.35. The smallest absolute Gasteiger partial charge is 0.416 e. The number of nitrogens with zero attached hydrogens (tertiary/aromatic N) is 1. The molecule has 1 unspecified atom stereocenters. The van der Waals surface area contributed by atoms with Gasteiger partial charge < -0.3 is 15.4 Å². The molecular formula is C19H18F3N3O4. The maximum atomic E-state index is 12.7. The fraction of sp³-hybridized carbons (Fsp3) is 0.316. The average Bonchev–Trinajstić information content (AvgIpc) is 2.67. The van der Waals surface area contributed by atoms with Crippen LogP contribution in [0.1, 0.15) is 30.0 Å². The van der Waals surface area contributed by atoms with Crippen LogP contribution in [0.2, 0.25) is 0 Å². The second-order valence-electron chi connectivity index (χ2n) is 6.46. The van der Waals surface area contributed by atoms with Gasteiger partial charge in [0.25, 0.3) is 5.69 Å². The third-order valence-electron chi connectivity index (χ3n) is 4.48. The summed E-state index contributed by atoms with van der Waals surface area (Å²) in [6.07, 6.45) is -4.07. The molecule has 2 aromatic rings. The minimum Gasteiger partial charge on any atom is -0.493 e. The lowest BCUT2D eigenvalue weighted by atomic mass is 10.0. The molecule has 1 heterocycles. The number of nitrogens with one attached hydrogen (secondary N) is 2. The van der Waals surface area contributed by atoms with E-state index in [4.69, 9.17) is 4.74 Å². The van der Waals surface area contributed by atoms with Crippen LogP contribution in [-0.4, -0.2) is 24.0 Å². The van der Waals surface area contributed by atoms with Gasteiger partial charge in [0.2, 0.25) is 5.91 Å². The molecule has 1 atom stereocenters. The Balaban J connectivity index is 1.59. The zero-order valence-corrected chi connectivity index (χ0v) is 15.2. The van der Waals surface area contributed by atoms with E-state index in [-0.39, 0.29) is 30.6 Å². The van der Waals surface area contributed by atoms with Gasteiger partial charge >= 0.3 is 6.18 Å². The van der Waals surface area contributed by atoms with E-state index in [1.54, 1.807) is 0 Å². The number of fused-ring (bicyclic) bond motifs is 1. The number of rotatable bonds is 6. The lowest BCUT2D eigenvalue weighted by Gasteiger charge is -2.26. The normalized spacial score (nSPS) is 15.8. The van der Waals surface area contributed by atoms with Crippen molar-refractivity contribution in [3.8, 4) is 5.75 Å². The van der Waals surface area contributed by atoms with Crippen molar-refractivity contribution < 1.29 is 27.6 Å². The van der Waals surface area contributed by atoms with Crippen LogP contribution in [0, 0.1) is 10.1 Å². The van der Waals surface area contributed by atoms with Crippen molar-refractivity contribution >= 4 is 17.3 Å². The number of anilines is 1. The number of benzene rings is 2. The van der Waals surface area contributed by atoms with Crippen molar-refractivity contribution in [2.24, 2.45) is 0 Å². The van der Waals surface area contributed by atoms with Gasteiger partial charge in [0.05, 0.1) is 23.1 Å². The predicted octanol–water partition coefficient (Wildman–Crippen LogP) is 4.06. The SMILES string of the molecule is O=C(CCNc1ccc(C(F)(F)F)cc1[N+](=O)[O-])NC1CCOc2ccccc21. The molecule has 0 bridgehead atoms. The molecule has 1 aliphatic rings. The van der Waals surface area contributed by atoms with E-state index in [2.05, 4.69) is 10.6 Å². The molecule has 0 aliphatic carbocycles. The predicted molar refractivity (Wildman–Crippen MR) is 98.6 cm³/mol. The van der Waals surface area contributed by atoms with Crippen molar-refractivity contribution in [3.05, 3.63) is 63.7 Å². The number of nitro groups is 1. The number of halogens is 3. The second-order valence-corrected chi connectivity index (χ2v) is 6.46. The summed E-state index contributed by atoms with van der Waals surface area (Å²) < 4.78 is 43.8. The number of alkyl halides is 3. The number of hydrogen-bond acceptors (Lipinski definition) is 5. The van der Waals surface area contributed by atoms with Crippen LogP contribution in [0.4, 0.5) is 24.5 Å². The summed E-state index contributed by atoms with van der Waals surface area (Å²) in [6.45, 7) is 0.501. The number of amides is 1. The largest absolute Gasteiger partial charge is 0.493 e. The van der Waals surface area contributed by atoms with Gasteiger partial charge in [0.1, 0.15) is 11.4 Å². The van der Waals surface area contributed by atoms with Crippen molar-refractivity contribution in [1.82, 2.24) is 5.32 Å². The van der Waals surface area contributed by atoms with Crippen molar-refractivity contribution in [1.29, 1.82) is 0 Å². The minimum atomic E-state index is -4.68. The van der Waals surface area contributed by atoms with Crippen molar-refractivity contribution in [3.63, 3.8) is 0 Å². The number of carbonyl (C=O) groups excluding carboxylic acids is 1. The zero-order valence-electron chi connectivity index (χ0n) is 15.2. The summed E-state index contributed by atoms with van der Waals surface area (Å²) in [6, 6.07) is 9.39. The molecule has 0 saturated heterocycles. The van der Waals surface area contributed by atoms with Gasteiger partial charge in [-0.25, -0.2) is 0 Å². The Morgan fingerprint density at radius 3 is 2.72 bits per heavy atom. The molecule has 10 heteroatoms. The van der Waals surface area contributed by atoms with Gasteiger partial charge in [0, 0.05) is 31.0 Å². The summed E-state index contributed by atoms with van der Waals surface area (Å²) in [4.78, 5) is 22.4. The third kappa shape index (κ3) is 4.95. The Bertz CT molecular complexity index is 918. The van der Waals surface area contributed by atoms with Crippen LogP contribution in [0.3, 0.4) is 0 Å². The molecule has 154 valence electrons. The average molecular weight is 409 g/mol. The maximum absolute atomic E-state index is 12.7. The summed E-state index contributed by atoms with van der Waals surface area (Å²) in [5, 5.41) is 16.6. The van der Waals surface area contributed by atoms with Crippen LogP contribution in [-0.2, 0) is 11.0 Å². The quantitative estimate of drug-likeness (QED) is 0.555. The molecule has 1 aliphatic heterocycles. The van der Waals surface area contributed by atoms with Crippen molar-refractivity contribution in [2.75, 3.05) is 18.5 Å². The van der Waals surface area contributed by atoms with E-state index in [1.807, 2.05) is 24.3 Å². The molecule has 2 N–H and O–H groups in total. The number of para-hydroxylation sites is 1. The fourth-order valence-electron chi connectivity index (χ4n) is 3.08. The second kappa shape index (κ2) is 8.38. The fourth-order valence-corrected chi connectivity index (χ4v) is 3.08. The first-order chi connectivity index (χ1) is 13.8. The van der Waals surface area contributed by atoms with Gasteiger partial charge in [-0.3, -0.25) is 14.9 Å². The Morgan fingerprint density at radius 1 is 1.24 bits per heavy atom. The molecule has 0 radical (unpaired) electrons. The molecule has 7 nitrogen and oxygen atoms in total. The van der Waals surface area contributed by atoms with Crippen LogP contribution >= 0.6 is 0 Å².